The lowest BCUT2D eigenvalue weighted by atomic mass is 9.78. The van der Waals surface area contributed by atoms with Crippen molar-refractivity contribution in [2.24, 2.45) is 11.3 Å². The van der Waals surface area contributed by atoms with E-state index in [0.29, 0.717) is 18.7 Å². The maximum Gasteiger partial charge on any atom is 0.259 e. The van der Waals surface area contributed by atoms with Crippen LogP contribution in [0.4, 0.5) is 8.78 Å². The number of hydrogen-bond acceptors (Lipinski definition) is 3. The largest absolute Gasteiger partial charge is 0.375 e. The molecule has 4 rings (SSSR count). The second kappa shape index (κ2) is 6.82. The number of piperidine rings is 1. The van der Waals surface area contributed by atoms with Gasteiger partial charge in [-0.2, -0.15) is 0 Å². The molecule has 0 radical (unpaired) electrons. The maximum absolute atomic E-state index is 13.9. The minimum atomic E-state index is -2.81. The van der Waals surface area contributed by atoms with Crippen LogP contribution in [0, 0.1) is 11.3 Å². The Kier molecular flexibility index (Phi) is 4.75. The molecule has 1 saturated carbocycles. The van der Waals surface area contributed by atoms with E-state index in [1.54, 1.807) is 35.2 Å². The first kappa shape index (κ1) is 18.8. The number of carbonyl (C=O) groups excluding carboxylic acids is 1. The fraction of sp³-hybridized carbons (Fsp3) is 0.667. The molecular weight excluding hydrogens is 350 g/mol. The van der Waals surface area contributed by atoms with Gasteiger partial charge >= 0.3 is 0 Å². The molecule has 27 heavy (non-hydrogen) atoms. The number of amides is 1. The number of hydrogen-bond donors (Lipinski definition) is 2. The summed E-state index contributed by atoms with van der Waals surface area (Å²) < 4.78 is 27.8. The van der Waals surface area contributed by atoms with Gasteiger partial charge in [0.15, 0.2) is 5.60 Å². The quantitative estimate of drug-likeness (QED) is 0.850. The Morgan fingerprint density at radius 1 is 1.22 bits per heavy atom. The van der Waals surface area contributed by atoms with Gasteiger partial charge in [-0.15, -0.1) is 0 Å². The SMILES string of the molecule is O=C(N1CCC2(CCCNC2)C1)[C@](O)(c1ccccc1)[C@@H]1CCC(F)(F)C1. The first-order valence-corrected chi connectivity index (χ1v) is 10.0. The Morgan fingerprint density at radius 2 is 2.00 bits per heavy atom. The Hall–Kier alpha value is -1.53. The van der Waals surface area contributed by atoms with E-state index >= 15 is 0 Å². The van der Waals surface area contributed by atoms with Crippen molar-refractivity contribution in [1.29, 1.82) is 0 Å². The predicted molar refractivity (Wildman–Crippen MR) is 98.4 cm³/mol. The predicted octanol–water partition coefficient (Wildman–Crippen LogP) is 2.91. The van der Waals surface area contributed by atoms with Gasteiger partial charge in [0.25, 0.3) is 5.91 Å². The molecule has 0 bridgehead atoms. The van der Waals surface area contributed by atoms with Crippen molar-refractivity contribution in [3.05, 3.63) is 35.9 Å². The summed E-state index contributed by atoms with van der Waals surface area (Å²) in [5, 5.41) is 15.0. The molecule has 148 valence electrons. The molecule has 2 aliphatic heterocycles. The van der Waals surface area contributed by atoms with E-state index in [2.05, 4.69) is 5.32 Å². The molecule has 2 N–H and O–H groups in total. The average molecular weight is 378 g/mol. The van der Waals surface area contributed by atoms with Crippen LogP contribution in [0.15, 0.2) is 30.3 Å². The van der Waals surface area contributed by atoms with Crippen LogP contribution in [0.3, 0.4) is 0 Å². The lowest BCUT2D eigenvalue weighted by Crippen LogP contribution is -2.51. The van der Waals surface area contributed by atoms with E-state index in [4.69, 9.17) is 0 Å². The van der Waals surface area contributed by atoms with Gasteiger partial charge in [0.2, 0.25) is 5.92 Å². The Bertz CT molecular complexity index is 691. The molecule has 2 heterocycles. The highest BCUT2D eigenvalue weighted by Crippen LogP contribution is 2.49. The molecule has 1 aliphatic carbocycles. The second-order valence-corrected chi connectivity index (χ2v) is 8.69. The van der Waals surface area contributed by atoms with Gasteiger partial charge in [-0.25, -0.2) is 8.78 Å². The number of carbonyl (C=O) groups is 1. The highest BCUT2D eigenvalue weighted by atomic mass is 19.3. The number of likely N-dealkylation sites (tertiary alicyclic amines) is 1. The molecule has 1 spiro atoms. The van der Waals surface area contributed by atoms with Crippen molar-refractivity contribution < 1.29 is 18.7 Å². The number of nitrogens with one attached hydrogen (secondary N) is 1. The summed E-state index contributed by atoms with van der Waals surface area (Å²) in [7, 11) is 0. The average Bonchev–Trinajstić information content (AvgIpc) is 3.25. The molecule has 1 unspecified atom stereocenters. The summed E-state index contributed by atoms with van der Waals surface area (Å²) in [5.74, 6) is -3.98. The van der Waals surface area contributed by atoms with Gasteiger partial charge in [0, 0.05) is 43.8 Å². The Labute approximate surface area is 158 Å². The summed E-state index contributed by atoms with van der Waals surface area (Å²) in [5.41, 5.74) is -1.39. The van der Waals surface area contributed by atoms with Crippen molar-refractivity contribution >= 4 is 5.91 Å². The molecule has 1 aromatic rings. The third-order valence-corrected chi connectivity index (χ3v) is 6.82. The summed E-state index contributed by atoms with van der Waals surface area (Å²) in [6.07, 6.45) is 2.50. The molecule has 3 fully saturated rings. The lowest BCUT2D eigenvalue weighted by molar-refractivity contribution is -0.159. The summed E-state index contributed by atoms with van der Waals surface area (Å²) >= 11 is 0. The normalized spacial score (nSPS) is 32.6. The van der Waals surface area contributed by atoms with Crippen LogP contribution >= 0.6 is 0 Å². The van der Waals surface area contributed by atoms with Crippen molar-refractivity contribution in [3.8, 4) is 0 Å². The minimum Gasteiger partial charge on any atom is -0.375 e. The van der Waals surface area contributed by atoms with Gasteiger partial charge in [0.05, 0.1) is 0 Å². The van der Waals surface area contributed by atoms with Crippen LogP contribution in [-0.4, -0.2) is 48.0 Å². The molecule has 0 aromatic heterocycles. The van der Waals surface area contributed by atoms with Crippen LogP contribution in [0.1, 0.15) is 44.1 Å². The van der Waals surface area contributed by atoms with E-state index in [9.17, 15) is 18.7 Å². The Balaban J connectivity index is 1.62. The van der Waals surface area contributed by atoms with Crippen molar-refractivity contribution in [2.75, 3.05) is 26.2 Å². The zero-order valence-electron chi connectivity index (χ0n) is 15.6. The topological polar surface area (TPSA) is 52.6 Å². The molecular formula is C21H28F2N2O2. The van der Waals surface area contributed by atoms with Crippen molar-refractivity contribution in [3.63, 3.8) is 0 Å². The van der Waals surface area contributed by atoms with Crippen LogP contribution in [0.25, 0.3) is 0 Å². The summed E-state index contributed by atoms with van der Waals surface area (Å²) in [4.78, 5) is 15.2. The third kappa shape index (κ3) is 3.38. The van der Waals surface area contributed by atoms with E-state index < -0.39 is 29.8 Å². The second-order valence-electron chi connectivity index (χ2n) is 8.69. The number of aliphatic hydroxyl groups is 1. The fourth-order valence-corrected chi connectivity index (χ4v) is 5.26. The number of rotatable bonds is 3. The maximum atomic E-state index is 13.9. The highest BCUT2D eigenvalue weighted by Gasteiger charge is 2.56. The summed E-state index contributed by atoms with van der Waals surface area (Å²) in [6, 6.07) is 8.66. The number of alkyl halides is 2. The molecule has 1 amide bonds. The molecule has 2 saturated heterocycles. The van der Waals surface area contributed by atoms with E-state index in [-0.39, 0.29) is 18.3 Å². The van der Waals surface area contributed by atoms with Crippen LogP contribution in [-0.2, 0) is 10.4 Å². The standard InChI is InChI=1S/C21H28F2N2O2/c22-20(23)9-7-17(13-20)21(27,16-5-2-1-3-6-16)18(26)25-12-10-19(15-25)8-4-11-24-14-19/h1-3,5-6,17,24,27H,4,7-15H2/t17-,19?,21+/m1/s1. The first-order chi connectivity index (χ1) is 12.8. The monoisotopic (exact) mass is 378 g/mol. The highest BCUT2D eigenvalue weighted by molar-refractivity contribution is 5.87. The van der Waals surface area contributed by atoms with Gasteiger partial charge in [0.1, 0.15) is 0 Å². The van der Waals surface area contributed by atoms with Crippen LogP contribution in [0.5, 0.6) is 0 Å². The van der Waals surface area contributed by atoms with Crippen molar-refractivity contribution in [1.82, 2.24) is 10.2 Å². The van der Waals surface area contributed by atoms with E-state index in [1.165, 1.54) is 0 Å². The number of halogens is 2. The third-order valence-electron chi connectivity index (χ3n) is 6.82. The number of benzene rings is 1. The van der Waals surface area contributed by atoms with E-state index in [1.807, 2.05) is 0 Å². The molecule has 6 heteroatoms. The van der Waals surface area contributed by atoms with Crippen LogP contribution < -0.4 is 5.32 Å². The minimum absolute atomic E-state index is 0.0606. The zero-order chi connectivity index (χ0) is 19.1. The van der Waals surface area contributed by atoms with E-state index in [0.717, 1.165) is 32.4 Å². The fourth-order valence-electron chi connectivity index (χ4n) is 5.26. The van der Waals surface area contributed by atoms with Gasteiger partial charge < -0.3 is 15.3 Å². The lowest BCUT2D eigenvalue weighted by Gasteiger charge is -2.38. The molecule has 3 aliphatic rings. The van der Waals surface area contributed by atoms with Gasteiger partial charge in [-0.1, -0.05) is 30.3 Å². The summed E-state index contributed by atoms with van der Waals surface area (Å²) in [6.45, 7) is 3.05. The smallest absolute Gasteiger partial charge is 0.259 e. The molecule has 1 aromatic carbocycles. The number of nitrogens with zero attached hydrogens (tertiary/aromatic N) is 1. The Morgan fingerprint density at radius 3 is 2.63 bits per heavy atom. The van der Waals surface area contributed by atoms with Crippen molar-refractivity contribution in [2.45, 2.75) is 50.0 Å². The zero-order valence-corrected chi connectivity index (χ0v) is 15.6. The molecule has 3 atom stereocenters. The van der Waals surface area contributed by atoms with Gasteiger partial charge in [-0.05, 0) is 37.8 Å². The van der Waals surface area contributed by atoms with Crippen LogP contribution in [0.2, 0.25) is 0 Å². The first-order valence-electron chi connectivity index (χ1n) is 10.0. The molecule has 4 nitrogen and oxygen atoms in total. The van der Waals surface area contributed by atoms with Gasteiger partial charge in [-0.3, -0.25) is 4.79 Å².